The van der Waals surface area contributed by atoms with Crippen molar-refractivity contribution in [1.29, 1.82) is 0 Å². The van der Waals surface area contributed by atoms with Crippen molar-refractivity contribution >= 4 is 11.6 Å². The molecule has 0 aliphatic carbocycles. The van der Waals surface area contributed by atoms with Gasteiger partial charge >= 0.3 is 0 Å². The van der Waals surface area contributed by atoms with Gasteiger partial charge < -0.3 is 9.84 Å². The minimum absolute atomic E-state index is 0.242. The van der Waals surface area contributed by atoms with Gasteiger partial charge in [-0.25, -0.2) is 0 Å². The Hall–Kier alpha value is -0.770. The number of fused-ring (bicyclic) bond motifs is 1. The Kier molecular flexibility index (Phi) is 2.81. The lowest BCUT2D eigenvalue weighted by molar-refractivity contribution is -0.00607. The van der Waals surface area contributed by atoms with Crippen LogP contribution in [-0.4, -0.2) is 35.2 Å². The molecule has 4 heteroatoms. The number of nitrogens with zero attached hydrogens (tertiary/aromatic N) is 1. The third-order valence-electron chi connectivity index (χ3n) is 4.18. The predicted molar refractivity (Wildman–Crippen MR) is 71.1 cm³/mol. The molecule has 0 radical (unpaired) electrons. The molecule has 0 aromatic heterocycles. The van der Waals surface area contributed by atoms with Gasteiger partial charge in [0, 0.05) is 36.0 Å². The van der Waals surface area contributed by atoms with Crippen LogP contribution in [0.15, 0.2) is 18.2 Å². The molecule has 3 atom stereocenters. The van der Waals surface area contributed by atoms with Gasteiger partial charge in [0.15, 0.2) is 0 Å². The van der Waals surface area contributed by atoms with E-state index in [1.807, 2.05) is 12.1 Å². The number of halogens is 1. The summed E-state index contributed by atoms with van der Waals surface area (Å²) in [5, 5.41) is 11.0. The molecule has 3 rings (SSSR count). The number of rotatable bonds is 0. The Balaban J connectivity index is 1.95. The molecule has 2 unspecified atom stereocenters. The first kappa shape index (κ1) is 12.3. The van der Waals surface area contributed by atoms with Crippen molar-refractivity contribution in [2.24, 2.45) is 0 Å². The smallest absolute Gasteiger partial charge is 0.126 e. The first-order chi connectivity index (χ1) is 8.49. The predicted octanol–water partition coefficient (Wildman–Crippen LogP) is 2.62. The van der Waals surface area contributed by atoms with Crippen LogP contribution in [0, 0.1) is 0 Å². The summed E-state index contributed by atoms with van der Waals surface area (Å²) < 4.78 is 6.19. The maximum atomic E-state index is 10.3. The summed E-state index contributed by atoms with van der Waals surface area (Å²) in [7, 11) is 2.10. The van der Waals surface area contributed by atoms with Gasteiger partial charge in [0.05, 0.1) is 6.10 Å². The van der Waals surface area contributed by atoms with Crippen LogP contribution in [0.4, 0.5) is 0 Å². The molecule has 2 aliphatic rings. The van der Waals surface area contributed by atoms with Gasteiger partial charge in [0.1, 0.15) is 11.4 Å². The Bertz CT molecular complexity index is 467. The van der Waals surface area contributed by atoms with Crippen molar-refractivity contribution in [2.75, 3.05) is 13.6 Å². The summed E-state index contributed by atoms with van der Waals surface area (Å²) >= 11 is 5.96. The molecule has 98 valence electrons. The summed E-state index contributed by atoms with van der Waals surface area (Å²) in [5.41, 5.74) is 0.573. The minimum Gasteiger partial charge on any atom is -0.485 e. The molecule has 3 nitrogen and oxygen atoms in total. The molecule has 1 aromatic rings. The van der Waals surface area contributed by atoms with Crippen LogP contribution in [0.3, 0.4) is 0 Å². The second-order valence-electron chi connectivity index (χ2n) is 5.66. The van der Waals surface area contributed by atoms with Crippen molar-refractivity contribution in [3.05, 3.63) is 28.8 Å². The number of hydrogen-bond donors (Lipinski definition) is 1. The largest absolute Gasteiger partial charge is 0.485 e. The first-order valence-corrected chi connectivity index (χ1v) is 6.74. The molecule has 1 fully saturated rings. The molecule has 1 spiro atoms. The lowest BCUT2D eigenvalue weighted by atomic mass is 9.87. The third kappa shape index (κ3) is 1.91. The number of aliphatic hydroxyl groups excluding tert-OH is 1. The van der Waals surface area contributed by atoms with E-state index in [0.29, 0.717) is 17.5 Å². The number of ether oxygens (including phenoxy) is 1. The van der Waals surface area contributed by atoms with Gasteiger partial charge in [-0.3, -0.25) is 4.90 Å². The molecule has 1 N–H and O–H groups in total. The van der Waals surface area contributed by atoms with Crippen molar-refractivity contribution < 1.29 is 9.84 Å². The zero-order chi connectivity index (χ0) is 12.9. The lowest BCUT2D eigenvalue weighted by Gasteiger charge is -2.38. The third-order valence-corrected chi connectivity index (χ3v) is 4.42. The Morgan fingerprint density at radius 3 is 2.89 bits per heavy atom. The van der Waals surface area contributed by atoms with Crippen molar-refractivity contribution in [2.45, 2.75) is 37.5 Å². The molecular weight excluding hydrogens is 250 g/mol. The fourth-order valence-electron chi connectivity index (χ4n) is 3.20. The van der Waals surface area contributed by atoms with E-state index >= 15 is 0 Å². The van der Waals surface area contributed by atoms with Crippen LogP contribution in [-0.2, 0) is 0 Å². The molecule has 1 aromatic carbocycles. The van der Waals surface area contributed by atoms with Crippen LogP contribution < -0.4 is 4.74 Å². The van der Waals surface area contributed by atoms with Crippen LogP contribution in [0.5, 0.6) is 5.75 Å². The summed E-state index contributed by atoms with van der Waals surface area (Å²) in [4.78, 5) is 2.29. The zero-order valence-electron chi connectivity index (χ0n) is 10.7. The van der Waals surface area contributed by atoms with Crippen molar-refractivity contribution in [1.82, 2.24) is 4.90 Å². The standard InChI is InChI=1S/C14H18ClNO2/c1-9-6-14(8-16(9)2)7-12(17)11-5-10(15)3-4-13(11)18-14/h3-5,9,12,17H,6-8H2,1-2H3/t9?,12-,14?/m0/s1. The van der Waals surface area contributed by atoms with E-state index in [9.17, 15) is 5.11 Å². The van der Waals surface area contributed by atoms with Crippen LogP contribution >= 0.6 is 11.6 Å². The maximum Gasteiger partial charge on any atom is 0.126 e. The SMILES string of the molecule is CC1CC2(C[C@H](O)c3cc(Cl)ccc3O2)CN1C. The summed E-state index contributed by atoms with van der Waals surface area (Å²) in [6.45, 7) is 3.06. The Morgan fingerprint density at radius 1 is 1.44 bits per heavy atom. The van der Waals surface area contributed by atoms with Crippen molar-refractivity contribution in [3.63, 3.8) is 0 Å². The Labute approximate surface area is 112 Å². The molecule has 18 heavy (non-hydrogen) atoms. The van der Waals surface area contributed by atoms with Gasteiger partial charge in [0.25, 0.3) is 0 Å². The number of aliphatic hydroxyl groups is 1. The second-order valence-corrected chi connectivity index (χ2v) is 6.09. The van der Waals surface area contributed by atoms with Gasteiger partial charge in [-0.05, 0) is 32.2 Å². The highest BCUT2D eigenvalue weighted by atomic mass is 35.5. The number of likely N-dealkylation sites (tertiary alicyclic amines) is 1. The highest BCUT2D eigenvalue weighted by Crippen LogP contribution is 2.45. The van der Waals surface area contributed by atoms with E-state index in [4.69, 9.17) is 16.3 Å². The fourth-order valence-corrected chi connectivity index (χ4v) is 3.38. The van der Waals surface area contributed by atoms with Crippen LogP contribution in [0.2, 0.25) is 5.02 Å². The number of hydrogen-bond acceptors (Lipinski definition) is 3. The molecule has 1 saturated heterocycles. The minimum atomic E-state index is -0.480. The van der Waals surface area contributed by atoms with Crippen LogP contribution in [0.1, 0.15) is 31.4 Å². The van der Waals surface area contributed by atoms with Crippen molar-refractivity contribution in [3.8, 4) is 5.75 Å². The zero-order valence-corrected chi connectivity index (χ0v) is 11.4. The van der Waals surface area contributed by atoms with E-state index in [1.165, 1.54) is 0 Å². The average Bonchev–Trinajstić information content (AvgIpc) is 2.55. The van der Waals surface area contributed by atoms with Crippen LogP contribution in [0.25, 0.3) is 0 Å². The lowest BCUT2D eigenvalue weighted by Crippen LogP contribution is -2.43. The van der Waals surface area contributed by atoms with E-state index in [2.05, 4.69) is 18.9 Å². The Morgan fingerprint density at radius 2 is 2.22 bits per heavy atom. The highest BCUT2D eigenvalue weighted by molar-refractivity contribution is 6.30. The van der Waals surface area contributed by atoms with E-state index in [-0.39, 0.29) is 5.60 Å². The average molecular weight is 268 g/mol. The van der Waals surface area contributed by atoms with Gasteiger partial charge in [-0.1, -0.05) is 11.6 Å². The topological polar surface area (TPSA) is 32.7 Å². The first-order valence-electron chi connectivity index (χ1n) is 6.36. The molecule has 2 heterocycles. The quantitative estimate of drug-likeness (QED) is 0.784. The van der Waals surface area contributed by atoms with E-state index in [0.717, 1.165) is 24.3 Å². The molecule has 0 bridgehead atoms. The number of likely N-dealkylation sites (N-methyl/N-ethyl adjacent to an activating group) is 1. The van der Waals surface area contributed by atoms with Gasteiger partial charge in [-0.15, -0.1) is 0 Å². The molecule has 2 aliphatic heterocycles. The molecular formula is C14H18ClNO2. The monoisotopic (exact) mass is 267 g/mol. The fraction of sp³-hybridized carbons (Fsp3) is 0.571. The summed E-state index contributed by atoms with van der Waals surface area (Å²) in [6, 6.07) is 5.97. The van der Waals surface area contributed by atoms with E-state index in [1.54, 1.807) is 6.07 Å². The van der Waals surface area contributed by atoms with Gasteiger partial charge in [0.2, 0.25) is 0 Å². The van der Waals surface area contributed by atoms with E-state index < -0.39 is 6.10 Å². The molecule has 0 saturated carbocycles. The number of benzene rings is 1. The maximum absolute atomic E-state index is 10.3. The molecule has 0 amide bonds. The highest BCUT2D eigenvalue weighted by Gasteiger charge is 2.47. The van der Waals surface area contributed by atoms with Gasteiger partial charge in [-0.2, -0.15) is 0 Å². The summed E-state index contributed by atoms with van der Waals surface area (Å²) in [5.74, 6) is 0.778. The second kappa shape index (κ2) is 4.12. The normalized spacial score (nSPS) is 35.6. The summed E-state index contributed by atoms with van der Waals surface area (Å²) in [6.07, 6.45) is 1.13.